The van der Waals surface area contributed by atoms with Crippen molar-refractivity contribution in [2.24, 2.45) is 17.8 Å². The molecule has 3 unspecified atom stereocenters. The topological polar surface area (TPSA) is 131 Å². The highest BCUT2D eigenvalue weighted by molar-refractivity contribution is 5.85. The Bertz CT molecular complexity index is 804. The molecule has 2 rings (SSSR count). The van der Waals surface area contributed by atoms with Crippen molar-refractivity contribution in [1.82, 2.24) is 10.6 Å². The third kappa shape index (κ3) is 7.27. The highest BCUT2D eigenvalue weighted by Crippen LogP contribution is 2.49. The number of carbonyl (C=O) groups excluding carboxylic acids is 3. The van der Waals surface area contributed by atoms with Crippen molar-refractivity contribution in [2.45, 2.75) is 45.8 Å². The summed E-state index contributed by atoms with van der Waals surface area (Å²) in [5.41, 5.74) is 0.0338. The summed E-state index contributed by atoms with van der Waals surface area (Å²) in [6.45, 7) is 6.87. The number of alkyl carbamates (subject to hydrolysis) is 1. The number of carbonyl (C=O) groups is 4. The average molecular weight is 434 g/mol. The van der Waals surface area contributed by atoms with Crippen molar-refractivity contribution < 1.29 is 33.8 Å². The molecule has 0 radical (unpaired) electrons. The largest absolute Gasteiger partial charge is 0.480 e. The molecular weight excluding hydrogens is 404 g/mol. The molecule has 170 valence electrons. The highest BCUT2D eigenvalue weighted by Gasteiger charge is 2.61. The first kappa shape index (κ1) is 24.2. The van der Waals surface area contributed by atoms with Gasteiger partial charge in [0.2, 0.25) is 5.91 Å². The van der Waals surface area contributed by atoms with Crippen LogP contribution in [0.3, 0.4) is 0 Å². The van der Waals surface area contributed by atoms with Crippen LogP contribution < -0.4 is 10.6 Å². The first-order valence-corrected chi connectivity index (χ1v) is 10.2. The van der Waals surface area contributed by atoms with Crippen LogP contribution in [0.1, 0.15) is 33.3 Å². The Kier molecular flexibility index (Phi) is 8.01. The minimum atomic E-state index is -1.35. The zero-order valence-electron chi connectivity index (χ0n) is 18.2. The summed E-state index contributed by atoms with van der Waals surface area (Å²) in [4.78, 5) is 48.5. The Labute approximate surface area is 181 Å². The number of ether oxygens (including phenoxy) is 2. The predicted octanol–water partition coefficient (Wildman–Crippen LogP) is 1.75. The Morgan fingerprint density at radius 1 is 1.13 bits per heavy atom. The number of benzene rings is 1. The van der Waals surface area contributed by atoms with Crippen molar-refractivity contribution >= 4 is 23.9 Å². The van der Waals surface area contributed by atoms with E-state index in [1.54, 1.807) is 27.7 Å². The summed E-state index contributed by atoms with van der Waals surface area (Å²) in [6, 6.07) is 7.81. The van der Waals surface area contributed by atoms with Crippen LogP contribution in [0, 0.1) is 17.8 Å². The number of nitrogens with one attached hydrogen (secondary N) is 2. The average Bonchev–Trinajstić information content (AvgIpc) is 3.38. The van der Waals surface area contributed by atoms with Crippen molar-refractivity contribution in [1.29, 1.82) is 0 Å². The van der Waals surface area contributed by atoms with Gasteiger partial charge in [0, 0.05) is 12.5 Å². The predicted molar refractivity (Wildman–Crippen MR) is 111 cm³/mol. The van der Waals surface area contributed by atoms with E-state index in [-0.39, 0.29) is 25.5 Å². The van der Waals surface area contributed by atoms with Gasteiger partial charge in [-0.1, -0.05) is 30.3 Å². The number of hydrogen-bond donors (Lipinski definition) is 3. The van der Waals surface area contributed by atoms with Crippen LogP contribution in [0.2, 0.25) is 0 Å². The molecule has 9 heteroatoms. The van der Waals surface area contributed by atoms with Crippen molar-refractivity contribution in [3.8, 4) is 0 Å². The van der Waals surface area contributed by atoms with E-state index >= 15 is 0 Å². The number of esters is 1. The van der Waals surface area contributed by atoms with Crippen LogP contribution in [0.4, 0.5) is 4.79 Å². The van der Waals surface area contributed by atoms with Gasteiger partial charge in [-0.25, -0.2) is 9.59 Å². The van der Waals surface area contributed by atoms with Gasteiger partial charge in [0.1, 0.15) is 11.6 Å². The second-order valence-electron chi connectivity index (χ2n) is 8.45. The van der Waals surface area contributed by atoms with E-state index < -0.39 is 47.4 Å². The smallest absolute Gasteiger partial charge is 0.408 e. The standard InChI is InChI=1S/C22H30N2O7/c1-5-30-20(28)17-14(12-23-15(25)11-13-9-7-6-8-10-13)16(17)18(19(26)27)24-21(29)31-22(2,3)4/h6-10,14,16-18H,5,11-12H2,1-4H3,(H,23,25)(H,24,29)(H,26,27)/t14?,16?,17?,18-/m0/s1. The van der Waals surface area contributed by atoms with Crippen LogP contribution in [-0.2, 0) is 30.3 Å². The van der Waals surface area contributed by atoms with Gasteiger partial charge in [-0.3, -0.25) is 9.59 Å². The minimum Gasteiger partial charge on any atom is -0.480 e. The quantitative estimate of drug-likeness (QED) is 0.505. The van der Waals surface area contributed by atoms with Crippen molar-refractivity contribution in [3.05, 3.63) is 35.9 Å². The maximum absolute atomic E-state index is 12.3. The van der Waals surface area contributed by atoms with E-state index in [1.165, 1.54) is 0 Å². The zero-order chi connectivity index (χ0) is 23.2. The molecule has 3 N–H and O–H groups in total. The van der Waals surface area contributed by atoms with E-state index in [2.05, 4.69) is 10.6 Å². The van der Waals surface area contributed by atoms with Gasteiger partial charge < -0.3 is 25.2 Å². The number of hydrogen-bond acceptors (Lipinski definition) is 6. The van der Waals surface area contributed by atoms with Crippen LogP contribution >= 0.6 is 0 Å². The maximum atomic E-state index is 12.3. The molecule has 4 atom stereocenters. The monoisotopic (exact) mass is 434 g/mol. The van der Waals surface area contributed by atoms with E-state index in [0.29, 0.717) is 0 Å². The van der Waals surface area contributed by atoms with Gasteiger partial charge in [-0.05, 0) is 39.2 Å². The molecule has 0 aliphatic heterocycles. The second kappa shape index (κ2) is 10.3. The van der Waals surface area contributed by atoms with E-state index in [4.69, 9.17) is 9.47 Å². The lowest BCUT2D eigenvalue weighted by atomic mass is 10.1. The first-order chi connectivity index (χ1) is 14.5. The summed E-state index contributed by atoms with van der Waals surface area (Å²) in [5, 5.41) is 14.7. The van der Waals surface area contributed by atoms with Crippen LogP contribution in [0.5, 0.6) is 0 Å². The van der Waals surface area contributed by atoms with Crippen LogP contribution in [-0.4, -0.2) is 53.8 Å². The molecule has 1 aromatic rings. The summed E-state index contributed by atoms with van der Waals surface area (Å²) in [6.07, 6.45) is -0.720. The molecule has 9 nitrogen and oxygen atoms in total. The van der Waals surface area contributed by atoms with Crippen molar-refractivity contribution in [3.63, 3.8) is 0 Å². The van der Waals surface area contributed by atoms with Gasteiger partial charge >= 0.3 is 18.0 Å². The molecule has 1 fully saturated rings. The van der Waals surface area contributed by atoms with Crippen LogP contribution in [0.25, 0.3) is 0 Å². The molecule has 0 heterocycles. The third-order valence-electron chi connectivity index (χ3n) is 4.85. The zero-order valence-corrected chi connectivity index (χ0v) is 18.2. The normalized spacial score (nSPS) is 20.8. The molecule has 0 bridgehead atoms. The molecule has 1 saturated carbocycles. The molecular formula is C22H30N2O7. The lowest BCUT2D eigenvalue weighted by Gasteiger charge is -2.22. The first-order valence-electron chi connectivity index (χ1n) is 10.2. The van der Waals surface area contributed by atoms with E-state index in [0.717, 1.165) is 5.56 Å². The molecule has 0 spiro atoms. The molecule has 2 amide bonds. The summed E-state index contributed by atoms with van der Waals surface area (Å²) in [7, 11) is 0. The maximum Gasteiger partial charge on any atom is 0.408 e. The van der Waals surface area contributed by atoms with Gasteiger partial charge in [0.15, 0.2) is 0 Å². The van der Waals surface area contributed by atoms with Gasteiger partial charge in [-0.15, -0.1) is 0 Å². The highest BCUT2D eigenvalue weighted by atomic mass is 16.6. The van der Waals surface area contributed by atoms with Gasteiger partial charge in [0.25, 0.3) is 0 Å². The molecule has 0 aromatic heterocycles. The minimum absolute atomic E-state index is 0.0968. The molecule has 0 saturated heterocycles. The fourth-order valence-electron chi connectivity index (χ4n) is 3.52. The lowest BCUT2D eigenvalue weighted by Crippen LogP contribution is -2.46. The number of carboxylic acids is 1. The van der Waals surface area contributed by atoms with E-state index in [1.807, 2.05) is 30.3 Å². The van der Waals surface area contributed by atoms with Gasteiger partial charge in [-0.2, -0.15) is 0 Å². The Balaban J connectivity index is 2.04. The Morgan fingerprint density at radius 3 is 2.32 bits per heavy atom. The lowest BCUT2D eigenvalue weighted by molar-refractivity contribution is -0.146. The Hall–Kier alpha value is -3.10. The fourth-order valence-corrected chi connectivity index (χ4v) is 3.52. The molecule has 1 aromatic carbocycles. The fraction of sp³-hybridized carbons (Fsp3) is 0.545. The molecule has 31 heavy (non-hydrogen) atoms. The summed E-state index contributed by atoms with van der Waals surface area (Å²) in [5.74, 6) is -4.02. The molecule has 1 aliphatic carbocycles. The third-order valence-corrected chi connectivity index (χ3v) is 4.85. The number of carboxylic acid groups (broad SMARTS) is 1. The number of aliphatic carboxylic acids is 1. The van der Waals surface area contributed by atoms with Crippen LogP contribution in [0.15, 0.2) is 30.3 Å². The van der Waals surface area contributed by atoms with Gasteiger partial charge in [0.05, 0.1) is 18.9 Å². The summed E-state index contributed by atoms with van der Waals surface area (Å²) < 4.78 is 10.2. The van der Waals surface area contributed by atoms with Crippen molar-refractivity contribution in [2.75, 3.05) is 13.2 Å². The number of amides is 2. The Morgan fingerprint density at radius 2 is 1.77 bits per heavy atom. The number of rotatable bonds is 9. The summed E-state index contributed by atoms with van der Waals surface area (Å²) >= 11 is 0. The molecule has 1 aliphatic rings. The SMILES string of the molecule is CCOC(=O)C1C(CNC(=O)Cc2ccccc2)C1[C@H](NC(=O)OC(C)(C)C)C(=O)O. The second-order valence-corrected chi connectivity index (χ2v) is 8.45. The van der Waals surface area contributed by atoms with E-state index in [9.17, 15) is 24.3 Å².